The molecule has 0 heterocycles. The van der Waals surface area contributed by atoms with E-state index in [-0.39, 0.29) is 0 Å². The molecule has 82 valence electrons. The average molecular weight is 213 g/mol. The maximum absolute atomic E-state index is 6.16. The molecule has 2 unspecified atom stereocenters. The van der Waals surface area contributed by atoms with Gasteiger partial charge in [0.25, 0.3) is 0 Å². The van der Waals surface area contributed by atoms with Gasteiger partial charge in [-0.2, -0.15) is 11.8 Å². The molecule has 0 saturated heterocycles. The van der Waals surface area contributed by atoms with Crippen molar-refractivity contribution in [3.05, 3.63) is 11.6 Å². The summed E-state index contributed by atoms with van der Waals surface area (Å²) in [5.74, 6) is 1.10. The zero-order chi connectivity index (χ0) is 10.4. The SMILES string of the molecule is CCC(C)SCC(N)C1=CCCCC1. The Labute approximate surface area is 92.5 Å². The van der Waals surface area contributed by atoms with E-state index in [2.05, 4.69) is 19.9 Å². The molecular weight excluding hydrogens is 190 g/mol. The first-order valence-electron chi connectivity index (χ1n) is 5.80. The number of allylic oxidation sites excluding steroid dienone is 1. The fourth-order valence-electron chi connectivity index (χ4n) is 1.69. The average Bonchev–Trinajstić information content (AvgIpc) is 2.26. The van der Waals surface area contributed by atoms with Gasteiger partial charge in [-0.05, 0) is 32.1 Å². The molecule has 0 aromatic heterocycles. The smallest absolute Gasteiger partial charge is 0.0345 e. The van der Waals surface area contributed by atoms with E-state index >= 15 is 0 Å². The zero-order valence-corrected chi connectivity index (χ0v) is 10.3. The molecule has 1 aliphatic carbocycles. The summed E-state index contributed by atoms with van der Waals surface area (Å²) in [6, 6.07) is 0.314. The van der Waals surface area contributed by atoms with E-state index in [1.807, 2.05) is 11.8 Å². The van der Waals surface area contributed by atoms with Crippen LogP contribution < -0.4 is 5.73 Å². The van der Waals surface area contributed by atoms with E-state index < -0.39 is 0 Å². The van der Waals surface area contributed by atoms with Gasteiger partial charge in [-0.15, -0.1) is 0 Å². The topological polar surface area (TPSA) is 26.0 Å². The second-order valence-corrected chi connectivity index (χ2v) is 5.65. The summed E-state index contributed by atoms with van der Waals surface area (Å²) in [6.45, 7) is 4.52. The van der Waals surface area contributed by atoms with Crippen LogP contribution in [0.1, 0.15) is 46.0 Å². The van der Waals surface area contributed by atoms with Crippen molar-refractivity contribution >= 4 is 11.8 Å². The molecule has 2 heteroatoms. The van der Waals surface area contributed by atoms with Gasteiger partial charge in [-0.3, -0.25) is 0 Å². The molecule has 0 spiro atoms. The quantitative estimate of drug-likeness (QED) is 0.709. The molecule has 1 rings (SSSR count). The Kier molecular flexibility index (Phi) is 5.64. The van der Waals surface area contributed by atoms with Gasteiger partial charge < -0.3 is 5.73 Å². The van der Waals surface area contributed by atoms with Crippen molar-refractivity contribution in [3.63, 3.8) is 0 Å². The molecule has 1 aliphatic rings. The van der Waals surface area contributed by atoms with Gasteiger partial charge in [0.15, 0.2) is 0 Å². The first-order chi connectivity index (χ1) is 6.74. The molecule has 0 fully saturated rings. The van der Waals surface area contributed by atoms with Crippen molar-refractivity contribution in [2.24, 2.45) is 5.73 Å². The summed E-state index contributed by atoms with van der Waals surface area (Å²) >= 11 is 2.01. The van der Waals surface area contributed by atoms with Crippen LogP contribution in [0.25, 0.3) is 0 Å². The van der Waals surface area contributed by atoms with Crippen LogP contribution in [0.15, 0.2) is 11.6 Å². The highest BCUT2D eigenvalue weighted by atomic mass is 32.2. The molecule has 0 saturated carbocycles. The lowest BCUT2D eigenvalue weighted by atomic mass is 9.95. The van der Waals surface area contributed by atoms with Crippen molar-refractivity contribution in [1.82, 2.24) is 0 Å². The van der Waals surface area contributed by atoms with E-state index in [0.717, 1.165) is 11.0 Å². The summed E-state index contributed by atoms with van der Waals surface area (Å²) in [7, 11) is 0. The number of thioether (sulfide) groups is 1. The van der Waals surface area contributed by atoms with Gasteiger partial charge in [0, 0.05) is 17.0 Å². The lowest BCUT2D eigenvalue weighted by Gasteiger charge is -2.20. The molecule has 1 nitrogen and oxygen atoms in total. The fourth-order valence-corrected chi connectivity index (χ4v) is 2.68. The van der Waals surface area contributed by atoms with E-state index in [1.54, 1.807) is 0 Å². The van der Waals surface area contributed by atoms with E-state index in [9.17, 15) is 0 Å². The second kappa shape index (κ2) is 6.52. The number of hydrogen-bond acceptors (Lipinski definition) is 2. The lowest BCUT2D eigenvalue weighted by molar-refractivity contribution is 0.656. The van der Waals surface area contributed by atoms with Crippen LogP contribution in [0.4, 0.5) is 0 Å². The van der Waals surface area contributed by atoms with Gasteiger partial charge in [0.2, 0.25) is 0 Å². The highest BCUT2D eigenvalue weighted by Crippen LogP contribution is 2.23. The third kappa shape index (κ3) is 4.05. The normalized spacial score (nSPS) is 21.5. The molecule has 0 radical (unpaired) electrons. The van der Waals surface area contributed by atoms with Gasteiger partial charge in [-0.25, -0.2) is 0 Å². The highest BCUT2D eigenvalue weighted by molar-refractivity contribution is 7.99. The summed E-state index contributed by atoms with van der Waals surface area (Å²) in [4.78, 5) is 0. The maximum Gasteiger partial charge on any atom is 0.0345 e. The van der Waals surface area contributed by atoms with Gasteiger partial charge in [0.1, 0.15) is 0 Å². The summed E-state index contributed by atoms with van der Waals surface area (Å²) in [5, 5.41) is 0.755. The lowest BCUT2D eigenvalue weighted by Crippen LogP contribution is -2.27. The van der Waals surface area contributed by atoms with E-state index in [4.69, 9.17) is 5.73 Å². The Bertz CT molecular complexity index is 189. The Hall–Kier alpha value is 0.0500. The summed E-state index contributed by atoms with van der Waals surface area (Å²) < 4.78 is 0. The van der Waals surface area contributed by atoms with Crippen molar-refractivity contribution < 1.29 is 0 Å². The molecule has 0 bridgehead atoms. The first-order valence-corrected chi connectivity index (χ1v) is 6.85. The third-order valence-electron chi connectivity index (χ3n) is 2.94. The molecule has 0 aromatic carbocycles. The molecule has 14 heavy (non-hydrogen) atoms. The van der Waals surface area contributed by atoms with Crippen LogP contribution in [0.2, 0.25) is 0 Å². The maximum atomic E-state index is 6.16. The third-order valence-corrected chi connectivity index (χ3v) is 4.39. The van der Waals surface area contributed by atoms with Crippen LogP contribution in [0.3, 0.4) is 0 Å². The zero-order valence-electron chi connectivity index (χ0n) is 9.46. The minimum atomic E-state index is 0.314. The standard InChI is InChI=1S/C12H23NS/c1-3-10(2)14-9-12(13)11-7-5-4-6-8-11/h7,10,12H,3-6,8-9,13H2,1-2H3. The fraction of sp³-hybridized carbons (Fsp3) is 0.833. The van der Waals surface area contributed by atoms with E-state index in [0.29, 0.717) is 6.04 Å². The predicted molar refractivity (Wildman–Crippen MR) is 66.7 cm³/mol. The second-order valence-electron chi connectivity index (χ2n) is 4.18. The largest absolute Gasteiger partial charge is 0.324 e. The number of nitrogens with two attached hydrogens (primary N) is 1. The Balaban J connectivity index is 2.26. The van der Waals surface area contributed by atoms with Gasteiger partial charge >= 0.3 is 0 Å². The molecular formula is C12H23NS. The molecule has 0 aliphatic heterocycles. The minimum Gasteiger partial charge on any atom is -0.324 e. The van der Waals surface area contributed by atoms with Crippen molar-refractivity contribution in [2.75, 3.05) is 5.75 Å². The van der Waals surface area contributed by atoms with Crippen LogP contribution in [0.5, 0.6) is 0 Å². The highest BCUT2D eigenvalue weighted by Gasteiger charge is 2.12. The molecule has 0 amide bonds. The van der Waals surface area contributed by atoms with Crippen molar-refractivity contribution in [3.8, 4) is 0 Å². The molecule has 2 N–H and O–H groups in total. The Morgan fingerprint density at radius 1 is 1.50 bits per heavy atom. The van der Waals surface area contributed by atoms with E-state index in [1.165, 1.54) is 37.7 Å². The number of rotatable bonds is 5. The van der Waals surface area contributed by atoms with Crippen LogP contribution in [0, 0.1) is 0 Å². The summed E-state index contributed by atoms with van der Waals surface area (Å²) in [6.07, 6.45) is 8.79. The molecule has 0 aromatic rings. The Morgan fingerprint density at radius 3 is 2.86 bits per heavy atom. The minimum absolute atomic E-state index is 0.314. The first kappa shape index (κ1) is 12.1. The predicted octanol–water partition coefficient (Wildman–Crippen LogP) is 3.35. The van der Waals surface area contributed by atoms with Crippen molar-refractivity contribution in [1.29, 1.82) is 0 Å². The van der Waals surface area contributed by atoms with Crippen LogP contribution in [-0.4, -0.2) is 17.0 Å². The summed E-state index contributed by atoms with van der Waals surface area (Å²) in [5.41, 5.74) is 7.67. The number of hydrogen-bond donors (Lipinski definition) is 1. The Morgan fingerprint density at radius 2 is 2.29 bits per heavy atom. The monoisotopic (exact) mass is 213 g/mol. The van der Waals surface area contributed by atoms with Crippen LogP contribution >= 0.6 is 11.8 Å². The van der Waals surface area contributed by atoms with Gasteiger partial charge in [0.05, 0.1) is 0 Å². The van der Waals surface area contributed by atoms with Gasteiger partial charge in [-0.1, -0.05) is 25.5 Å². The van der Waals surface area contributed by atoms with Crippen LogP contribution in [-0.2, 0) is 0 Å². The van der Waals surface area contributed by atoms with Crippen molar-refractivity contribution in [2.45, 2.75) is 57.2 Å². The molecule has 2 atom stereocenters.